The number of hydrogen-bond acceptors (Lipinski definition) is 2. The summed E-state index contributed by atoms with van der Waals surface area (Å²) in [5, 5.41) is 13.8. The van der Waals surface area contributed by atoms with E-state index in [0.29, 0.717) is 24.0 Å². The molecule has 0 aromatic heterocycles. The van der Waals surface area contributed by atoms with Crippen LogP contribution in [0.3, 0.4) is 0 Å². The Balaban J connectivity index is 2.74. The maximum absolute atomic E-state index is 13.7. The highest BCUT2D eigenvalue weighted by atomic mass is 35.5. The second-order valence-corrected chi connectivity index (χ2v) is 5.19. The van der Waals surface area contributed by atoms with Gasteiger partial charge in [-0.25, -0.2) is 4.39 Å². The van der Waals surface area contributed by atoms with Crippen molar-refractivity contribution in [3.05, 3.63) is 34.6 Å². The predicted octanol–water partition coefficient (Wildman–Crippen LogP) is 3.07. The molecule has 1 aromatic rings. The Morgan fingerprint density at radius 3 is 2.65 bits per heavy atom. The summed E-state index contributed by atoms with van der Waals surface area (Å²) < 4.78 is 13.7. The topological polar surface area (TPSA) is 32.3 Å². The second kappa shape index (κ2) is 5.80. The van der Waals surface area contributed by atoms with Crippen LogP contribution in [0.25, 0.3) is 0 Å². The van der Waals surface area contributed by atoms with E-state index >= 15 is 0 Å². The Labute approximate surface area is 107 Å². The van der Waals surface area contributed by atoms with Crippen LogP contribution < -0.4 is 5.32 Å². The van der Waals surface area contributed by atoms with Crippen LogP contribution in [0.4, 0.5) is 4.39 Å². The van der Waals surface area contributed by atoms with Gasteiger partial charge < -0.3 is 10.4 Å². The summed E-state index contributed by atoms with van der Waals surface area (Å²) in [6.07, 6.45) is 0.448. The van der Waals surface area contributed by atoms with Crippen LogP contribution in [0, 0.1) is 5.82 Å². The standard InChI is InChI=1S/C13H19ClFNO/c1-9(2)16-7-6-13(3,17)11-5-4-10(14)8-12(11)15/h4-5,8-9,16-17H,6-7H2,1-3H3. The summed E-state index contributed by atoms with van der Waals surface area (Å²) in [6, 6.07) is 4.69. The molecule has 0 saturated carbocycles. The Bertz CT molecular complexity index is 380. The SMILES string of the molecule is CC(C)NCCC(C)(O)c1ccc(Cl)cc1F. The van der Waals surface area contributed by atoms with Crippen LogP contribution in [0.15, 0.2) is 18.2 Å². The van der Waals surface area contributed by atoms with Crippen molar-refractivity contribution in [3.8, 4) is 0 Å². The number of benzene rings is 1. The Hall–Kier alpha value is -0.640. The molecule has 96 valence electrons. The van der Waals surface area contributed by atoms with Gasteiger partial charge in [0, 0.05) is 16.6 Å². The van der Waals surface area contributed by atoms with Gasteiger partial charge in [0.25, 0.3) is 0 Å². The molecule has 2 nitrogen and oxygen atoms in total. The highest BCUT2D eigenvalue weighted by Gasteiger charge is 2.26. The summed E-state index contributed by atoms with van der Waals surface area (Å²) in [5.41, 5.74) is -0.899. The van der Waals surface area contributed by atoms with Gasteiger partial charge in [-0.2, -0.15) is 0 Å². The zero-order valence-corrected chi connectivity index (χ0v) is 11.2. The fourth-order valence-electron chi connectivity index (χ4n) is 1.67. The van der Waals surface area contributed by atoms with Crippen LogP contribution in [0.2, 0.25) is 5.02 Å². The van der Waals surface area contributed by atoms with E-state index in [0.717, 1.165) is 0 Å². The molecule has 0 aliphatic heterocycles. The van der Waals surface area contributed by atoms with Crippen molar-refractivity contribution < 1.29 is 9.50 Å². The van der Waals surface area contributed by atoms with Gasteiger partial charge in [-0.05, 0) is 32.0 Å². The molecule has 0 aliphatic carbocycles. The number of nitrogens with one attached hydrogen (secondary N) is 1. The molecule has 0 radical (unpaired) electrons. The summed E-state index contributed by atoms with van der Waals surface area (Å²) in [7, 11) is 0. The van der Waals surface area contributed by atoms with E-state index in [1.807, 2.05) is 13.8 Å². The molecule has 1 rings (SSSR count). The van der Waals surface area contributed by atoms with Crippen LogP contribution in [-0.2, 0) is 5.60 Å². The smallest absolute Gasteiger partial charge is 0.130 e. The van der Waals surface area contributed by atoms with Gasteiger partial charge >= 0.3 is 0 Å². The molecule has 0 saturated heterocycles. The first kappa shape index (κ1) is 14.4. The van der Waals surface area contributed by atoms with Crippen molar-refractivity contribution in [1.29, 1.82) is 0 Å². The summed E-state index contributed by atoms with van der Waals surface area (Å²) in [4.78, 5) is 0. The number of rotatable bonds is 5. The van der Waals surface area contributed by atoms with E-state index in [-0.39, 0.29) is 5.56 Å². The second-order valence-electron chi connectivity index (χ2n) is 4.76. The molecule has 0 amide bonds. The van der Waals surface area contributed by atoms with Crippen molar-refractivity contribution in [3.63, 3.8) is 0 Å². The molecule has 0 spiro atoms. The highest BCUT2D eigenvalue weighted by Crippen LogP contribution is 2.28. The zero-order chi connectivity index (χ0) is 13.1. The third-order valence-corrected chi connectivity index (χ3v) is 2.91. The number of aliphatic hydroxyl groups is 1. The first-order valence-corrected chi connectivity index (χ1v) is 6.12. The summed E-state index contributed by atoms with van der Waals surface area (Å²) >= 11 is 5.68. The minimum absolute atomic E-state index is 0.285. The average molecular weight is 260 g/mol. The lowest BCUT2D eigenvalue weighted by Crippen LogP contribution is -2.31. The maximum atomic E-state index is 13.7. The largest absolute Gasteiger partial charge is 0.385 e. The third-order valence-electron chi connectivity index (χ3n) is 2.68. The van der Waals surface area contributed by atoms with Crippen LogP contribution in [-0.4, -0.2) is 17.7 Å². The zero-order valence-electron chi connectivity index (χ0n) is 10.4. The lowest BCUT2D eigenvalue weighted by atomic mass is 9.92. The van der Waals surface area contributed by atoms with E-state index in [9.17, 15) is 9.50 Å². The minimum Gasteiger partial charge on any atom is -0.385 e. The summed E-state index contributed by atoms with van der Waals surface area (Å²) in [5.74, 6) is -0.466. The fourth-order valence-corrected chi connectivity index (χ4v) is 1.82. The van der Waals surface area contributed by atoms with Crippen molar-refractivity contribution in [1.82, 2.24) is 5.32 Å². The maximum Gasteiger partial charge on any atom is 0.130 e. The molecule has 0 fully saturated rings. The molecule has 17 heavy (non-hydrogen) atoms. The van der Waals surface area contributed by atoms with E-state index in [1.165, 1.54) is 12.1 Å². The molecule has 1 atom stereocenters. The van der Waals surface area contributed by atoms with Crippen molar-refractivity contribution in [2.45, 2.75) is 38.8 Å². The molecular weight excluding hydrogens is 241 g/mol. The van der Waals surface area contributed by atoms with E-state index in [2.05, 4.69) is 5.32 Å². The fraction of sp³-hybridized carbons (Fsp3) is 0.538. The minimum atomic E-state index is -1.18. The molecule has 0 heterocycles. The van der Waals surface area contributed by atoms with Crippen molar-refractivity contribution in [2.75, 3.05) is 6.54 Å². The van der Waals surface area contributed by atoms with Gasteiger partial charge in [-0.3, -0.25) is 0 Å². The Morgan fingerprint density at radius 1 is 1.47 bits per heavy atom. The summed E-state index contributed by atoms with van der Waals surface area (Å²) in [6.45, 7) is 6.29. The van der Waals surface area contributed by atoms with E-state index in [1.54, 1.807) is 13.0 Å². The first-order valence-electron chi connectivity index (χ1n) is 5.74. The molecule has 1 unspecified atom stereocenters. The van der Waals surface area contributed by atoms with Crippen molar-refractivity contribution >= 4 is 11.6 Å². The molecule has 0 aliphatic rings. The molecule has 2 N–H and O–H groups in total. The van der Waals surface area contributed by atoms with Gasteiger partial charge in [-0.15, -0.1) is 0 Å². The van der Waals surface area contributed by atoms with Crippen LogP contribution in [0.1, 0.15) is 32.8 Å². The molecule has 4 heteroatoms. The lowest BCUT2D eigenvalue weighted by molar-refractivity contribution is 0.0439. The number of halogens is 2. The normalized spacial score (nSPS) is 15.0. The molecular formula is C13H19ClFNO. The Morgan fingerprint density at radius 2 is 2.12 bits per heavy atom. The average Bonchev–Trinajstić information content (AvgIpc) is 2.15. The molecule has 1 aromatic carbocycles. The third kappa shape index (κ3) is 4.26. The van der Waals surface area contributed by atoms with Gasteiger partial charge in [0.1, 0.15) is 5.82 Å². The van der Waals surface area contributed by atoms with E-state index in [4.69, 9.17) is 11.6 Å². The van der Waals surface area contributed by atoms with Gasteiger partial charge in [-0.1, -0.05) is 31.5 Å². The van der Waals surface area contributed by atoms with Gasteiger partial charge in [0.05, 0.1) is 5.60 Å². The van der Waals surface area contributed by atoms with E-state index < -0.39 is 11.4 Å². The quantitative estimate of drug-likeness (QED) is 0.852. The molecule has 0 bridgehead atoms. The first-order chi connectivity index (χ1) is 7.83. The highest BCUT2D eigenvalue weighted by molar-refractivity contribution is 6.30. The van der Waals surface area contributed by atoms with Gasteiger partial charge in [0.2, 0.25) is 0 Å². The Kier molecular flexibility index (Phi) is 4.92. The van der Waals surface area contributed by atoms with Crippen molar-refractivity contribution in [2.24, 2.45) is 0 Å². The van der Waals surface area contributed by atoms with Gasteiger partial charge in [0.15, 0.2) is 0 Å². The number of hydrogen-bond donors (Lipinski definition) is 2. The predicted molar refractivity (Wildman–Crippen MR) is 68.7 cm³/mol. The monoisotopic (exact) mass is 259 g/mol. The lowest BCUT2D eigenvalue weighted by Gasteiger charge is -2.25. The van der Waals surface area contributed by atoms with Crippen LogP contribution >= 0.6 is 11.6 Å². The van der Waals surface area contributed by atoms with Crippen LogP contribution in [0.5, 0.6) is 0 Å².